The average Bonchev–Trinajstić information content (AvgIpc) is 2.79. The van der Waals surface area contributed by atoms with Crippen molar-refractivity contribution in [1.29, 1.82) is 0 Å². The van der Waals surface area contributed by atoms with E-state index in [2.05, 4.69) is 5.32 Å². The SMILES string of the molecule is C[C@@H](C(=O)Nc1ccc(F)cc1)c1ccc2c(n1)CCCN2C(=O)[C@@H]1CCCCO1. The van der Waals surface area contributed by atoms with E-state index in [0.717, 1.165) is 43.5 Å². The lowest BCUT2D eigenvalue weighted by Gasteiger charge is -2.33. The smallest absolute Gasteiger partial charge is 0.256 e. The van der Waals surface area contributed by atoms with Gasteiger partial charge in [-0.15, -0.1) is 0 Å². The van der Waals surface area contributed by atoms with Crippen LogP contribution in [0.25, 0.3) is 0 Å². The van der Waals surface area contributed by atoms with Crippen molar-refractivity contribution >= 4 is 23.2 Å². The van der Waals surface area contributed by atoms with Gasteiger partial charge in [0.2, 0.25) is 5.91 Å². The molecule has 6 nitrogen and oxygen atoms in total. The third kappa shape index (κ3) is 4.36. The third-order valence-electron chi connectivity index (χ3n) is 5.73. The number of rotatable bonds is 4. The fourth-order valence-corrected chi connectivity index (χ4v) is 3.96. The lowest BCUT2D eigenvalue weighted by molar-refractivity contribution is -0.132. The number of carbonyl (C=O) groups excluding carboxylic acids is 2. The lowest BCUT2D eigenvalue weighted by atomic mass is 10.0. The Bertz CT molecular complexity index is 926. The molecule has 1 aromatic heterocycles. The molecule has 0 radical (unpaired) electrons. The first-order valence-corrected chi connectivity index (χ1v) is 10.5. The molecule has 2 amide bonds. The van der Waals surface area contributed by atoms with Crippen molar-refractivity contribution in [3.05, 3.63) is 53.6 Å². The van der Waals surface area contributed by atoms with E-state index in [1.54, 1.807) is 17.9 Å². The van der Waals surface area contributed by atoms with Gasteiger partial charge in [-0.05, 0) is 75.4 Å². The first kappa shape index (κ1) is 20.5. The molecule has 0 bridgehead atoms. The Morgan fingerprint density at radius 2 is 1.97 bits per heavy atom. The Kier molecular flexibility index (Phi) is 6.08. The van der Waals surface area contributed by atoms with Crippen LogP contribution < -0.4 is 10.2 Å². The number of hydrogen-bond acceptors (Lipinski definition) is 4. The number of carbonyl (C=O) groups is 2. The molecule has 1 aromatic carbocycles. The topological polar surface area (TPSA) is 71.5 Å². The van der Waals surface area contributed by atoms with E-state index in [0.29, 0.717) is 24.5 Å². The van der Waals surface area contributed by atoms with E-state index in [9.17, 15) is 14.0 Å². The molecule has 2 aromatic rings. The Hall–Kier alpha value is -2.80. The molecular weight excluding hydrogens is 385 g/mol. The number of halogens is 1. The van der Waals surface area contributed by atoms with Gasteiger partial charge in [-0.1, -0.05) is 0 Å². The molecule has 1 N–H and O–H groups in total. The van der Waals surface area contributed by atoms with Gasteiger partial charge in [0.15, 0.2) is 0 Å². The van der Waals surface area contributed by atoms with E-state index in [4.69, 9.17) is 9.72 Å². The minimum atomic E-state index is -0.479. The quantitative estimate of drug-likeness (QED) is 0.831. The Morgan fingerprint density at radius 1 is 1.17 bits per heavy atom. The lowest BCUT2D eigenvalue weighted by Crippen LogP contribution is -2.44. The molecule has 30 heavy (non-hydrogen) atoms. The molecule has 1 saturated heterocycles. The van der Waals surface area contributed by atoms with Crippen molar-refractivity contribution in [3.63, 3.8) is 0 Å². The zero-order valence-corrected chi connectivity index (χ0v) is 17.1. The van der Waals surface area contributed by atoms with Crippen molar-refractivity contribution in [3.8, 4) is 0 Å². The van der Waals surface area contributed by atoms with Gasteiger partial charge in [-0.25, -0.2) is 4.39 Å². The Labute approximate surface area is 175 Å². The molecule has 0 aliphatic carbocycles. The fraction of sp³-hybridized carbons (Fsp3) is 0.435. The normalized spacial score (nSPS) is 19.7. The van der Waals surface area contributed by atoms with Crippen LogP contribution in [-0.4, -0.2) is 36.1 Å². The van der Waals surface area contributed by atoms with Gasteiger partial charge >= 0.3 is 0 Å². The number of pyridine rings is 1. The highest BCUT2D eigenvalue weighted by molar-refractivity contribution is 5.98. The van der Waals surface area contributed by atoms with Crippen LogP contribution in [0.1, 0.15) is 49.9 Å². The van der Waals surface area contributed by atoms with Gasteiger partial charge in [0.1, 0.15) is 11.9 Å². The van der Waals surface area contributed by atoms with E-state index >= 15 is 0 Å². The second-order valence-corrected chi connectivity index (χ2v) is 7.87. The minimum absolute atomic E-state index is 0.00676. The largest absolute Gasteiger partial charge is 0.368 e. The summed E-state index contributed by atoms with van der Waals surface area (Å²) in [5.74, 6) is -1.04. The van der Waals surface area contributed by atoms with Gasteiger partial charge in [-0.2, -0.15) is 0 Å². The van der Waals surface area contributed by atoms with Gasteiger partial charge in [0.05, 0.1) is 23.0 Å². The molecule has 7 heteroatoms. The predicted octanol–water partition coefficient (Wildman–Crippen LogP) is 3.81. The van der Waals surface area contributed by atoms with Crippen molar-refractivity contribution in [2.45, 2.75) is 51.0 Å². The van der Waals surface area contributed by atoms with Crippen LogP contribution in [0.3, 0.4) is 0 Å². The number of benzene rings is 1. The predicted molar refractivity (Wildman–Crippen MR) is 112 cm³/mol. The molecular formula is C23H26FN3O3. The van der Waals surface area contributed by atoms with Crippen molar-refractivity contribution in [2.24, 2.45) is 0 Å². The molecule has 3 heterocycles. The standard InChI is InChI=1S/C23H26FN3O3/c1-15(22(28)25-17-9-7-16(24)8-10-17)18-11-12-20-19(26-18)5-4-13-27(20)23(29)21-6-2-3-14-30-21/h7-12,15,21H,2-6,13-14H2,1H3,(H,25,28)/t15-,21+/m1/s1. The van der Waals surface area contributed by atoms with Crippen molar-refractivity contribution in [2.75, 3.05) is 23.4 Å². The maximum absolute atomic E-state index is 13.1. The van der Waals surface area contributed by atoms with Crippen LogP contribution in [0.15, 0.2) is 36.4 Å². The minimum Gasteiger partial charge on any atom is -0.368 e. The van der Waals surface area contributed by atoms with E-state index < -0.39 is 5.92 Å². The molecule has 2 aliphatic heterocycles. The van der Waals surface area contributed by atoms with Crippen LogP contribution in [0, 0.1) is 5.82 Å². The maximum Gasteiger partial charge on any atom is 0.256 e. The van der Waals surface area contributed by atoms with E-state index in [-0.39, 0.29) is 23.7 Å². The number of hydrogen-bond donors (Lipinski definition) is 1. The molecule has 2 atom stereocenters. The van der Waals surface area contributed by atoms with E-state index in [1.165, 1.54) is 24.3 Å². The zero-order chi connectivity index (χ0) is 21.1. The number of nitrogens with one attached hydrogen (secondary N) is 1. The monoisotopic (exact) mass is 411 g/mol. The number of anilines is 2. The van der Waals surface area contributed by atoms with Gasteiger partial charge in [-0.3, -0.25) is 14.6 Å². The van der Waals surface area contributed by atoms with Gasteiger partial charge < -0.3 is 15.0 Å². The number of fused-ring (bicyclic) bond motifs is 1. The van der Waals surface area contributed by atoms with Gasteiger partial charge in [0.25, 0.3) is 5.91 Å². The van der Waals surface area contributed by atoms with Crippen molar-refractivity contribution < 1.29 is 18.7 Å². The number of aryl methyl sites for hydroxylation is 1. The van der Waals surface area contributed by atoms with Gasteiger partial charge in [0, 0.05) is 18.8 Å². The summed E-state index contributed by atoms with van der Waals surface area (Å²) in [6.45, 7) is 3.08. The molecule has 0 saturated carbocycles. The van der Waals surface area contributed by atoms with Crippen molar-refractivity contribution in [1.82, 2.24) is 4.98 Å². The first-order valence-electron chi connectivity index (χ1n) is 10.5. The molecule has 1 fully saturated rings. The number of aromatic nitrogens is 1. The summed E-state index contributed by atoms with van der Waals surface area (Å²) in [5, 5.41) is 2.79. The maximum atomic E-state index is 13.1. The number of nitrogens with zero attached hydrogens (tertiary/aromatic N) is 2. The highest BCUT2D eigenvalue weighted by atomic mass is 19.1. The highest BCUT2D eigenvalue weighted by Crippen LogP contribution is 2.30. The summed E-state index contributed by atoms with van der Waals surface area (Å²) in [5.41, 5.74) is 2.84. The van der Waals surface area contributed by atoms with Crippen LogP contribution in [0.4, 0.5) is 15.8 Å². The van der Waals surface area contributed by atoms with E-state index in [1.807, 2.05) is 6.07 Å². The van der Waals surface area contributed by atoms with Crippen LogP contribution in [-0.2, 0) is 20.7 Å². The molecule has 158 valence electrons. The number of ether oxygens (including phenoxy) is 1. The Morgan fingerprint density at radius 3 is 2.70 bits per heavy atom. The second kappa shape index (κ2) is 8.92. The fourth-order valence-electron chi connectivity index (χ4n) is 3.96. The Balaban J connectivity index is 1.49. The summed E-state index contributed by atoms with van der Waals surface area (Å²) in [4.78, 5) is 32.1. The average molecular weight is 411 g/mol. The number of amides is 2. The molecule has 0 spiro atoms. The first-order chi connectivity index (χ1) is 14.5. The zero-order valence-electron chi connectivity index (χ0n) is 17.1. The molecule has 2 aliphatic rings. The summed E-state index contributed by atoms with van der Waals surface area (Å²) >= 11 is 0. The summed E-state index contributed by atoms with van der Waals surface area (Å²) < 4.78 is 18.7. The summed E-state index contributed by atoms with van der Waals surface area (Å²) in [6.07, 6.45) is 4.00. The van der Waals surface area contributed by atoms with Crippen LogP contribution in [0.2, 0.25) is 0 Å². The van der Waals surface area contributed by atoms with Crippen LogP contribution >= 0.6 is 0 Å². The summed E-state index contributed by atoms with van der Waals surface area (Å²) in [7, 11) is 0. The second-order valence-electron chi connectivity index (χ2n) is 7.87. The highest BCUT2D eigenvalue weighted by Gasteiger charge is 2.31. The third-order valence-corrected chi connectivity index (χ3v) is 5.73. The van der Waals surface area contributed by atoms with Crippen LogP contribution in [0.5, 0.6) is 0 Å². The molecule has 4 rings (SSSR count). The summed E-state index contributed by atoms with van der Waals surface area (Å²) in [6, 6.07) is 9.35. The molecule has 0 unspecified atom stereocenters.